The van der Waals surface area contributed by atoms with Crippen molar-refractivity contribution in [3.8, 4) is 5.75 Å². The lowest BCUT2D eigenvalue weighted by Gasteiger charge is -2.21. The molecule has 0 unspecified atom stereocenters. The van der Waals surface area contributed by atoms with Crippen LogP contribution in [-0.4, -0.2) is 32.3 Å². The zero-order valence-electron chi connectivity index (χ0n) is 10.7. The summed E-state index contributed by atoms with van der Waals surface area (Å²) in [6.45, 7) is 2.73. The SMILES string of the molecule is COc1ccc(C(=O)C(C)(C)S(C)(=O)=O)c(Cl)c1. The average molecular weight is 291 g/mol. The molecule has 1 aromatic carbocycles. The standard InChI is InChI=1S/C12H15ClO4S/c1-12(2,18(4,15)16)11(14)9-6-5-8(17-3)7-10(9)13/h5-7H,1-4H3. The van der Waals surface area contributed by atoms with Gasteiger partial charge in [-0.25, -0.2) is 8.42 Å². The van der Waals surface area contributed by atoms with E-state index >= 15 is 0 Å². The van der Waals surface area contributed by atoms with Crippen LogP contribution in [0.5, 0.6) is 5.75 Å². The molecular formula is C12H15ClO4S. The summed E-state index contributed by atoms with van der Waals surface area (Å²) in [7, 11) is -2.04. The zero-order valence-corrected chi connectivity index (χ0v) is 12.2. The zero-order chi connectivity index (χ0) is 14.1. The Bertz CT molecular complexity index is 576. The van der Waals surface area contributed by atoms with Crippen LogP contribution in [0, 0.1) is 0 Å². The Labute approximate surface area is 112 Å². The lowest BCUT2D eigenvalue weighted by atomic mass is 10.00. The fraction of sp³-hybridized carbons (Fsp3) is 0.417. The van der Waals surface area contributed by atoms with Crippen LogP contribution in [-0.2, 0) is 9.84 Å². The van der Waals surface area contributed by atoms with E-state index in [1.165, 1.54) is 33.1 Å². The van der Waals surface area contributed by atoms with Crippen molar-refractivity contribution in [2.24, 2.45) is 0 Å². The van der Waals surface area contributed by atoms with Gasteiger partial charge in [-0.3, -0.25) is 4.79 Å². The van der Waals surface area contributed by atoms with E-state index in [1.807, 2.05) is 0 Å². The van der Waals surface area contributed by atoms with E-state index in [-0.39, 0.29) is 10.6 Å². The number of halogens is 1. The molecule has 0 radical (unpaired) electrons. The van der Waals surface area contributed by atoms with E-state index in [4.69, 9.17) is 16.3 Å². The summed E-state index contributed by atoms with van der Waals surface area (Å²) in [5.41, 5.74) is 0.174. The smallest absolute Gasteiger partial charge is 0.184 e. The molecule has 1 rings (SSSR count). The molecule has 0 bridgehead atoms. The van der Waals surface area contributed by atoms with Crippen LogP contribution in [0.3, 0.4) is 0 Å². The van der Waals surface area contributed by atoms with Crippen LogP contribution in [0.1, 0.15) is 24.2 Å². The van der Waals surface area contributed by atoms with Crippen LogP contribution < -0.4 is 4.74 Å². The largest absolute Gasteiger partial charge is 0.497 e. The highest BCUT2D eigenvalue weighted by molar-refractivity contribution is 7.92. The molecule has 18 heavy (non-hydrogen) atoms. The third kappa shape index (κ3) is 2.67. The van der Waals surface area contributed by atoms with E-state index in [0.29, 0.717) is 5.75 Å². The summed E-state index contributed by atoms with van der Waals surface area (Å²) in [5.74, 6) is -0.0219. The molecule has 6 heteroatoms. The third-order valence-electron chi connectivity index (χ3n) is 2.89. The van der Waals surface area contributed by atoms with Crippen LogP contribution >= 0.6 is 11.6 Å². The molecule has 0 aromatic heterocycles. The van der Waals surface area contributed by atoms with E-state index in [2.05, 4.69) is 0 Å². The van der Waals surface area contributed by atoms with Crippen molar-refractivity contribution in [1.82, 2.24) is 0 Å². The van der Waals surface area contributed by atoms with Crippen molar-refractivity contribution >= 4 is 27.2 Å². The Morgan fingerprint density at radius 3 is 2.28 bits per heavy atom. The van der Waals surface area contributed by atoms with Crippen LogP contribution in [0.25, 0.3) is 0 Å². The third-order valence-corrected chi connectivity index (χ3v) is 5.25. The number of hydrogen-bond acceptors (Lipinski definition) is 4. The summed E-state index contributed by atoms with van der Waals surface area (Å²) in [6.07, 6.45) is 1.03. The van der Waals surface area contributed by atoms with Crippen LogP contribution in [0.4, 0.5) is 0 Å². The number of sulfone groups is 1. The summed E-state index contributed by atoms with van der Waals surface area (Å²) < 4.78 is 26.7. The maximum absolute atomic E-state index is 12.2. The van der Waals surface area contributed by atoms with Crippen molar-refractivity contribution < 1.29 is 17.9 Å². The number of ketones is 1. The molecule has 0 aliphatic heterocycles. The van der Waals surface area contributed by atoms with Crippen molar-refractivity contribution in [2.75, 3.05) is 13.4 Å². The van der Waals surface area contributed by atoms with Gasteiger partial charge in [0, 0.05) is 11.8 Å². The van der Waals surface area contributed by atoms with E-state index in [1.54, 1.807) is 6.07 Å². The predicted octanol–water partition coefficient (Wildman–Crippen LogP) is 2.35. The number of benzene rings is 1. The lowest BCUT2D eigenvalue weighted by molar-refractivity contribution is 0.0954. The van der Waals surface area contributed by atoms with E-state index in [9.17, 15) is 13.2 Å². The van der Waals surface area contributed by atoms with Crippen LogP contribution in [0.15, 0.2) is 18.2 Å². The second-order valence-electron chi connectivity index (χ2n) is 4.46. The molecule has 0 spiro atoms. The molecule has 0 aliphatic carbocycles. The number of methoxy groups -OCH3 is 1. The van der Waals surface area contributed by atoms with Crippen molar-refractivity contribution in [2.45, 2.75) is 18.6 Å². The van der Waals surface area contributed by atoms with Gasteiger partial charge < -0.3 is 4.74 Å². The van der Waals surface area contributed by atoms with Gasteiger partial charge in [0.15, 0.2) is 15.6 Å². The van der Waals surface area contributed by atoms with Gasteiger partial charge in [-0.2, -0.15) is 0 Å². The Hall–Kier alpha value is -1.07. The second kappa shape index (κ2) is 4.90. The van der Waals surface area contributed by atoms with E-state index < -0.39 is 20.4 Å². The monoisotopic (exact) mass is 290 g/mol. The maximum Gasteiger partial charge on any atom is 0.184 e. The topological polar surface area (TPSA) is 60.4 Å². The summed E-state index contributed by atoms with van der Waals surface area (Å²) in [4.78, 5) is 12.2. The Balaban J connectivity index is 3.28. The Morgan fingerprint density at radius 1 is 1.33 bits per heavy atom. The molecular weight excluding hydrogens is 276 g/mol. The van der Waals surface area contributed by atoms with Crippen molar-refractivity contribution in [3.05, 3.63) is 28.8 Å². The number of ether oxygens (including phenoxy) is 1. The minimum Gasteiger partial charge on any atom is -0.497 e. The normalized spacial score (nSPS) is 12.3. The van der Waals surface area contributed by atoms with Gasteiger partial charge in [0.2, 0.25) is 0 Å². The number of carbonyl (C=O) groups excluding carboxylic acids is 1. The first kappa shape index (κ1) is 15.0. The van der Waals surface area contributed by atoms with Gasteiger partial charge in [0.05, 0.1) is 12.1 Å². The Morgan fingerprint density at radius 2 is 1.89 bits per heavy atom. The van der Waals surface area contributed by atoms with Gasteiger partial charge >= 0.3 is 0 Å². The second-order valence-corrected chi connectivity index (χ2v) is 7.43. The fourth-order valence-electron chi connectivity index (χ4n) is 1.30. The number of Topliss-reactive ketones (excluding diaryl/α,β-unsaturated/α-hetero) is 1. The first-order valence-electron chi connectivity index (χ1n) is 5.19. The lowest BCUT2D eigenvalue weighted by Crippen LogP contribution is -2.40. The van der Waals surface area contributed by atoms with Gasteiger partial charge in [-0.05, 0) is 32.0 Å². The molecule has 0 atom stereocenters. The fourth-order valence-corrected chi connectivity index (χ4v) is 2.00. The van der Waals surface area contributed by atoms with Crippen LogP contribution in [0.2, 0.25) is 5.02 Å². The number of rotatable bonds is 4. The quantitative estimate of drug-likeness (QED) is 0.799. The van der Waals surface area contributed by atoms with Gasteiger partial charge in [0.25, 0.3) is 0 Å². The first-order chi connectivity index (χ1) is 8.11. The Kier molecular flexibility index (Phi) is 4.08. The van der Waals surface area contributed by atoms with Gasteiger partial charge in [0.1, 0.15) is 10.5 Å². The van der Waals surface area contributed by atoms with Gasteiger partial charge in [-0.15, -0.1) is 0 Å². The summed E-state index contributed by atoms with van der Waals surface area (Å²) in [5, 5.41) is 0.177. The molecule has 1 aromatic rings. The van der Waals surface area contributed by atoms with Crippen molar-refractivity contribution in [3.63, 3.8) is 0 Å². The highest BCUT2D eigenvalue weighted by atomic mass is 35.5. The van der Waals surface area contributed by atoms with E-state index in [0.717, 1.165) is 6.26 Å². The minimum atomic E-state index is -3.52. The highest BCUT2D eigenvalue weighted by Crippen LogP contribution is 2.28. The molecule has 0 amide bonds. The molecule has 0 heterocycles. The summed E-state index contributed by atoms with van der Waals surface area (Å²) in [6, 6.07) is 4.51. The highest BCUT2D eigenvalue weighted by Gasteiger charge is 2.39. The molecule has 0 saturated heterocycles. The molecule has 0 N–H and O–H groups in total. The number of carbonyl (C=O) groups is 1. The minimum absolute atomic E-state index is 0.174. The number of hydrogen-bond donors (Lipinski definition) is 0. The van der Waals surface area contributed by atoms with Crippen molar-refractivity contribution in [1.29, 1.82) is 0 Å². The molecule has 0 aliphatic rings. The predicted molar refractivity (Wildman–Crippen MR) is 71.3 cm³/mol. The first-order valence-corrected chi connectivity index (χ1v) is 7.46. The molecule has 4 nitrogen and oxygen atoms in total. The average Bonchev–Trinajstić information content (AvgIpc) is 2.26. The molecule has 0 saturated carbocycles. The maximum atomic E-state index is 12.2. The van der Waals surface area contributed by atoms with Gasteiger partial charge in [-0.1, -0.05) is 11.6 Å². The summed E-state index contributed by atoms with van der Waals surface area (Å²) >= 11 is 5.96. The molecule has 0 fully saturated rings. The molecule has 100 valence electrons.